The molecule has 0 aliphatic heterocycles. The first-order valence-electron chi connectivity index (χ1n) is 6.63. The Kier molecular flexibility index (Phi) is 3.42. The highest BCUT2D eigenvalue weighted by Gasteiger charge is 2.12. The first-order chi connectivity index (χ1) is 10.5. The van der Waals surface area contributed by atoms with Crippen LogP contribution in [0.1, 0.15) is 22.1 Å². The zero-order valence-electron chi connectivity index (χ0n) is 11.8. The minimum absolute atomic E-state index is 0.135. The number of carboxylic acid groups (broad SMARTS) is 1. The summed E-state index contributed by atoms with van der Waals surface area (Å²) in [5, 5.41) is 12.2. The van der Waals surface area contributed by atoms with E-state index in [9.17, 15) is 9.59 Å². The van der Waals surface area contributed by atoms with Gasteiger partial charge in [-0.3, -0.25) is 4.79 Å². The van der Waals surface area contributed by atoms with Crippen molar-refractivity contribution in [3.05, 3.63) is 53.7 Å². The van der Waals surface area contributed by atoms with E-state index in [1.165, 1.54) is 6.07 Å². The first kappa shape index (κ1) is 13.9. The van der Waals surface area contributed by atoms with Gasteiger partial charge in [-0.1, -0.05) is 0 Å². The molecule has 112 valence electrons. The molecular weight excluding hydrogens is 286 g/mol. The Balaban J connectivity index is 1.75. The average Bonchev–Trinajstić information content (AvgIpc) is 3.04. The van der Waals surface area contributed by atoms with E-state index in [4.69, 9.17) is 13.9 Å². The number of furan rings is 2. The fraction of sp³-hybridized carbons (Fsp3) is 0.125. The molecular formula is C16H13NO5. The lowest BCUT2D eigenvalue weighted by Gasteiger charge is -2.03. The van der Waals surface area contributed by atoms with Crippen molar-refractivity contribution in [3.63, 3.8) is 0 Å². The van der Waals surface area contributed by atoms with Crippen molar-refractivity contribution in [2.45, 2.75) is 13.3 Å². The largest absolute Gasteiger partial charge is 0.475 e. The van der Waals surface area contributed by atoms with Crippen LogP contribution in [0.2, 0.25) is 0 Å². The zero-order chi connectivity index (χ0) is 15.7. The maximum atomic E-state index is 12.0. The third kappa shape index (κ3) is 2.85. The topological polar surface area (TPSA) is 92.7 Å². The number of nitrogens with one attached hydrogen (secondary N) is 1. The molecule has 0 radical (unpaired) electrons. The summed E-state index contributed by atoms with van der Waals surface area (Å²) in [6.45, 7) is 1.81. The third-order valence-corrected chi connectivity index (χ3v) is 3.14. The van der Waals surface area contributed by atoms with Gasteiger partial charge >= 0.3 is 5.97 Å². The number of fused-ring (bicyclic) bond motifs is 1. The second kappa shape index (κ2) is 5.40. The molecule has 2 N–H and O–H groups in total. The summed E-state index contributed by atoms with van der Waals surface area (Å²) in [4.78, 5) is 22.8. The summed E-state index contributed by atoms with van der Waals surface area (Å²) < 4.78 is 10.5. The number of amides is 1. The molecule has 0 atom stereocenters. The minimum atomic E-state index is -1.13. The van der Waals surface area contributed by atoms with Crippen LogP contribution in [0.15, 0.2) is 45.2 Å². The van der Waals surface area contributed by atoms with Crippen molar-refractivity contribution in [2.24, 2.45) is 0 Å². The van der Waals surface area contributed by atoms with Gasteiger partial charge in [0.05, 0.1) is 6.42 Å². The van der Waals surface area contributed by atoms with E-state index in [-0.39, 0.29) is 18.1 Å². The van der Waals surface area contributed by atoms with Gasteiger partial charge in [0.25, 0.3) is 0 Å². The summed E-state index contributed by atoms with van der Waals surface area (Å²) in [6, 6.07) is 9.91. The fourth-order valence-electron chi connectivity index (χ4n) is 2.17. The van der Waals surface area contributed by atoms with Crippen LogP contribution in [0, 0.1) is 6.92 Å². The van der Waals surface area contributed by atoms with Gasteiger partial charge in [0, 0.05) is 11.1 Å². The Labute approximate surface area is 125 Å². The molecule has 2 heterocycles. The van der Waals surface area contributed by atoms with E-state index < -0.39 is 5.97 Å². The molecule has 3 aromatic rings. The molecule has 0 bridgehead atoms. The summed E-state index contributed by atoms with van der Waals surface area (Å²) in [6.07, 6.45) is 0.137. The number of aromatic carboxylic acids is 1. The molecule has 0 aliphatic rings. The van der Waals surface area contributed by atoms with Gasteiger partial charge in [-0.15, -0.1) is 0 Å². The highest BCUT2D eigenvalue weighted by molar-refractivity contribution is 5.96. The van der Waals surface area contributed by atoms with Gasteiger partial charge in [0.2, 0.25) is 11.7 Å². The smallest absolute Gasteiger partial charge is 0.371 e. The number of carboxylic acids is 1. The van der Waals surface area contributed by atoms with Crippen LogP contribution in [0.3, 0.4) is 0 Å². The summed E-state index contributed by atoms with van der Waals surface area (Å²) >= 11 is 0. The number of hydrogen-bond acceptors (Lipinski definition) is 4. The number of rotatable bonds is 4. The van der Waals surface area contributed by atoms with Gasteiger partial charge in [-0.25, -0.2) is 4.79 Å². The van der Waals surface area contributed by atoms with Crippen LogP contribution in [0.25, 0.3) is 11.0 Å². The monoisotopic (exact) mass is 299 g/mol. The van der Waals surface area contributed by atoms with Crippen LogP contribution < -0.4 is 5.32 Å². The first-order valence-corrected chi connectivity index (χ1v) is 6.63. The molecule has 0 fully saturated rings. The van der Waals surface area contributed by atoms with Crippen molar-refractivity contribution < 1.29 is 23.5 Å². The summed E-state index contributed by atoms with van der Waals surface area (Å²) in [7, 11) is 0. The van der Waals surface area contributed by atoms with Gasteiger partial charge in [0.1, 0.15) is 17.1 Å². The number of aryl methyl sites for hydroxylation is 1. The van der Waals surface area contributed by atoms with E-state index in [1.807, 2.05) is 6.92 Å². The molecule has 22 heavy (non-hydrogen) atoms. The second-order valence-corrected chi connectivity index (χ2v) is 4.91. The average molecular weight is 299 g/mol. The van der Waals surface area contributed by atoms with E-state index in [2.05, 4.69) is 5.32 Å². The summed E-state index contributed by atoms with van der Waals surface area (Å²) in [5.41, 5.74) is 1.02. The van der Waals surface area contributed by atoms with Crippen molar-refractivity contribution in [1.29, 1.82) is 0 Å². The fourth-order valence-corrected chi connectivity index (χ4v) is 2.17. The number of benzene rings is 1. The van der Waals surface area contributed by atoms with Crippen molar-refractivity contribution in [3.8, 4) is 0 Å². The third-order valence-electron chi connectivity index (χ3n) is 3.14. The molecule has 1 aromatic carbocycles. The Morgan fingerprint density at radius 1 is 1.14 bits per heavy atom. The summed E-state index contributed by atoms with van der Waals surface area (Å²) in [5.74, 6) is -0.133. The van der Waals surface area contributed by atoms with Gasteiger partial charge in [-0.2, -0.15) is 0 Å². The quantitative estimate of drug-likeness (QED) is 0.771. The number of carbonyl (C=O) groups is 2. The molecule has 3 rings (SSSR count). The molecule has 0 saturated heterocycles. The van der Waals surface area contributed by atoms with Crippen LogP contribution in [0.4, 0.5) is 5.69 Å². The maximum Gasteiger partial charge on any atom is 0.371 e. The van der Waals surface area contributed by atoms with E-state index >= 15 is 0 Å². The molecule has 6 nitrogen and oxygen atoms in total. The Bertz CT molecular complexity index is 858. The lowest BCUT2D eigenvalue weighted by molar-refractivity contribution is -0.115. The van der Waals surface area contributed by atoms with E-state index in [0.29, 0.717) is 22.4 Å². The molecule has 2 aromatic heterocycles. The van der Waals surface area contributed by atoms with Crippen molar-refractivity contribution in [2.75, 3.05) is 5.32 Å². The van der Waals surface area contributed by atoms with E-state index in [1.54, 1.807) is 30.3 Å². The van der Waals surface area contributed by atoms with Crippen LogP contribution in [-0.4, -0.2) is 17.0 Å². The van der Waals surface area contributed by atoms with Crippen LogP contribution in [0.5, 0.6) is 0 Å². The predicted octanol–water partition coefficient (Wildman–Crippen LogP) is 3.21. The number of anilines is 1. The number of hydrogen-bond donors (Lipinski definition) is 2. The normalized spacial score (nSPS) is 10.8. The predicted molar refractivity (Wildman–Crippen MR) is 79.0 cm³/mol. The van der Waals surface area contributed by atoms with Crippen LogP contribution >= 0.6 is 0 Å². The van der Waals surface area contributed by atoms with Gasteiger partial charge < -0.3 is 19.3 Å². The molecule has 0 aliphatic carbocycles. The Morgan fingerprint density at radius 2 is 1.95 bits per heavy atom. The van der Waals surface area contributed by atoms with Crippen molar-refractivity contribution in [1.82, 2.24) is 0 Å². The highest BCUT2D eigenvalue weighted by atomic mass is 16.4. The van der Waals surface area contributed by atoms with Crippen molar-refractivity contribution >= 4 is 28.5 Å². The Morgan fingerprint density at radius 3 is 2.64 bits per heavy atom. The van der Waals surface area contributed by atoms with E-state index in [0.717, 1.165) is 5.76 Å². The SMILES string of the molecule is Cc1ccc(CC(=O)Nc2ccc3oc(C(=O)O)cc3c2)o1. The zero-order valence-corrected chi connectivity index (χ0v) is 11.8. The highest BCUT2D eigenvalue weighted by Crippen LogP contribution is 2.23. The number of carbonyl (C=O) groups excluding carboxylic acids is 1. The molecule has 0 unspecified atom stereocenters. The van der Waals surface area contributed by atoms with Gasteiger partial charge in [-0.05, 0) is 43.3 Å². The Hall–Kier alpha value is -3.02. The molecule has 0 spiro atoms. The lowest BCUT2D eigenvalue weighted by atomic mass is 10.2. The molecule has 1 amide bonds. The minimum Gasteiger partial charge on any atom is -0.475 e. The van der Waals surface area contributed by atoms with Gasteiger partial charge in [0.15, 0.2) is 0 Å². The van der Waals surface area contributed by atoms with Crippen LogP contribution in [-0.2, 0) is 11.2 Å². The maximum absolute atomic E-state index is 12.0. The molecule has 6 heteroatoms. The standard InChI is InChI=1S/C16H13NO5/c1-9-2-4-12(21-9)8-15(18)17-11-3-5-13-10(6-11)7-14(22-13)16(19)20/h2-7H,8H2,1H3,(H,17,18)(H,19,20). The molecule has 0 saturated carbocycles. The lowest BCUT2D eigenvalue weighted by Crippen LogP contribution is -2.13. The second-order valence-electron chi connectivity index (χ2n) is 4.91.